The summed E-state index contributed by atoms with van der Waals surface area (Å²) in [5, 5.41) is 9.05. The highest BCUT2D eigenvalue weighted by molar-refractivity contribution is 5.67. The van der Waals surface area contributed by atoms with E-state index in [0.717, 1.165) is 18.7 Å². The number of benzene rings is 1. The normalized spacial score (nSPS) is 25.5. The van der Waals surface area contributed by atoms with Gasteiger partial charge in [-0.1, -0.05) is 24.6 Å². The first-order chi connectivity index (χ1) is 10.3. The molecule has 1 aromatic rings. The molecule has 2 unspecified atom stereocenters. The Labute approximate surface area is 126 Å². The van der Waals surface area contributed by atoms with Gasteiger partial charge in [0.2, 0.25) is 0 Å². The lowest BCUT2D eigenvalue weighted by Crippen LogP contribution is -2.47. The summed E-state index contributed by atoms with van der Waals surface area (Å²) in [6, 6.07) is 11.4. The molecular weight excluding hydrogens is 264 g/mol. The van der Waals surface area contributed by atoms with E-state index < -0.39 is 5.97 Å². The largest absolute Gasteiger partial charge is 0.481 e. The number of nitrogens with zero attached hydrogens (tertiary/aromatic N) is 2. The lowest BCUT2D eigenvalue weighted by molar-refractivity contribution is -0.136. The number of rotatable bonds is 5. The minimum atomic E-state index is -0.713. The third-order valence-electron chi connectivity index (χ3n) is 4.88. The van der Waals surface area contributed by atoms with Gasteiger partial charge in [0.25, 0.3) is 0 Å². The first kappa shape index (κ1) is 14.4. The maximum Gasteiger partial charge on any atom is 0.305 e. The molecule has 2 heterocycles. The number of piperidine rings is 1. The van der Waals surface area contributed by atoms with Crippen LogP contribution in [-0.2, 0) is 4.79 Å². The van der Waals surface area contributed by atoms with Crippen molar-refractivity contribution in [3.8, 4) is 0 Å². The number of hydrogen-bond donors (Lipinski definition) is 1. The van der Waals surface area contributed by atoms with Crippen LogP contribution in [-0.4, -0.2) is 47.7 Å². The van der Waals surface area contributed by atoms with Gasteiger partial charge >= 0.3 is 5.97 Å². The fraction of sp³-hybridized carbons (Fsp3) is 0.588. The lowest BCUT2D eigenvalue weighted by atomic mass is 9.97. The summed E-state index contributed by atoms with van der Waals surface area (Å²) in [5.74, 6) is -0.713. The van der Waals surface area contributed by atoms with Gasteiger partial charge in [0.05, 0.1) is 6.42 Å². The van der Waals surface area contributed by atoms with E-state index >= 15 is 0 Å². The van der Waals surface area contributed by atoms with Gasteiger partial charge in [-0.05, 0) is 37.9 Å². The molecular formula is C17H24N2O2. The Hall–Kier alpha value is -1.55. The van der Waals surface area contributed by atoms with Crippen molar-refractivity contribution in [3.63, 3.8) is 0 Å². The number of aliphatic carboxylic acids is 1. The summed E-state index contributed by atoms with van der Waals surface area (Å²) >= 11 is 0. The molecule has 2 aliphatic heterocycles. The van der Waals surface area contributed by atoms with Crippen molar-refractivity contribution in [1.29, 1.82) is 0 Å². The summed E-state index contributed by atoms with van der Waals surface area (Å²) in [6.07, 6.45) is 5.22. The van der Waals surface area contributed by atoms with Gasteiger partial charge in [0.1, 0.15) is 0 Å². The Morgan fingerprint density at radius 1 is 1.19 bits per heavy atom. The van der Waals surface area contributed by atoms with Gasteiger partial charge in [-0.25, -0.2) is 0 Å². The smallest absolute Gasteiger partial charge is 0.305 e. The summed E-state index contributed by atoms with van der Waals surface area (Å²) in [5.41, 5.74) is 1.16. The van der Waals surface area contributed by atoms with E-state index in [-0.39, 0.29) is 6.42 Å². The molecule has 21 heavy (non-hydrogen) atoms. The van der Waals surface area contributed by atoms with Crippen LogP contribution >= 0.6 is 0 Å². The van der Waals surface area contributed by atoms with Crippen molar-refractivity contribution in [2.45, 2.75) is 44.2 Å². The Kier molecular flexibility index (Phi) is 4.44. The number of anilines is 1. The number of fused-ring (bicyclic) bond motifs is 1. The number of hydrogen-bond acceptors (Lipinski definition) is 3. The Morgan fingerprint density at radius 2 is 2.00 bits per heavy atom. The van der Waals surface area contributed by atoms with E-state index in [2.05, 4.69) is 21.9 Å². The predicted molar refractivity (Wildman–Crippen MR) is 83.7 cm³/mol. The molecule has 0 aromatic heterocycles. The van der Waals surface area contributed by atoms with Crippen molar-refractivity contribution in [2.24, 2.45) is 0 Å². The minimum Gasteiger partial charge on any atom is -0.481 e. The van der Waals surface area contributed by atoms with Crippen LogP contribution in [0.3, 0.4) is 0 Å². The molecule has 0 spiro atoms. The molecule has 2 aliphatic rings. The van der Waals surface area contributed by atoms with Crippen LogP contribution in [0.1, 0.15) is 32.1 Å². The van der Waals surface area contributed by atoms with Crippen molar-refractivity contribution >= 4 is 11.7 Å². The van der Waals surface area contributed by atoms with Crippen LogP contribution in [0.15, 0.2) is 30.3 Å². The van der Waals surface area contributed by atoms with E-state index in [9.17, 15) is 4.79 Å². The second kappa shape index (κ2) is 6.48. The van der Waals surface area contributed by atoms with Crippen LogP contribution in [0.5, 0.6) is 0 Å². The molecule has 0 aliphatic carbocycles. The highest BCUT2D eigenvalue weighted by atomic mass is 16.4. The highest BCUT2D eigenvalue weighted by Gasteiger charge is 2.38. The van der Waals surface area contributed by atoms with E-state index in [1.54, 1.807) is 0 Å². The van der Waals surface area contributed by atoms with E-state index in [1.165, 1.54) is 25.8 Å². The fourth-order valence-electron chi connectivity index (χ4n) is 3.91. The quantitative estimate of drug-likeness (QED) is 0.904. The van der Waals surface area contributed by atoms with Crippen LogP contribution in [0.25, 0.3) is 0 Å². The number of para-hydroxylation sites is 1. The molecule has 114 valence electrons. The van der Waals surface area contributed by atoms with Crippen LogP contribution < -0.4 is 4.90 Å². The molecule has 0 radical (unpaired) electrons. The van der Waals surface area contributed by atoms with Crippen LogP contribution in [0.2, 0.25) is 0 Å². The van der Waals surface area contributed by atoms with Crippen molar-refractivity contribution < 1.29 is 9.90 Å². The lowest BCUT2D eigenvalue weighted by Gasteiger charge is -2.39. The Bertz CT molecular complexity index is 477. The number of carbonyl (C=O) groups is 1. The van der Waals surface area contributed by atoms with Crippen molar-refractivity contribution in [3.05, 3.63) is 30.3 Å². The molecule has 1 aromatic carbocycles. The molecule has 1 N–H and O–H groups in total. The van der Waals surface area contributed by atoms with Gasteiger partial charge in [0.15, 0.2) is 0 Å². The Balaban J connectivity index is 1.79. The van der Waals surface area contributed by atoms with Gasteiger partial charge in [-0.15, -0.1) is 0 Å². The topological polar surface area (TPSA) is 43.8 Å². The van der Waals surface area contributed by atoms with E-state index in [4.69, 9.17) is 5.11 Å². The monoisotopic (exact) mass is 288 g/mol. The molecule has 4 nitrogen and oxygen atoms in total. The average Bonchev–Trinajstić information content (AvgIpc) is 2.93. The number of carboxylic acids is 1. The zero-order valence-electron chi connectivity index (χ0n) is 12.4. The van der Waals surface area contributed by atoms with E-state index in [1.807, 2.05) is 18.2 Å². The zero-order valence-corrected chi connectivity index (χ0v) is 12.4. The predicted octanol–water partition coefficient (Wildman–Crippen LogP) is 2.59. The standard InChI is InChI=1S/C17H24N2O2/c20-17(21)10-13-19(14-6-2-1-3-7-14)16-9-12-18-11-5-4-8-15(16)18/h1-3,6-7,15-16H,4-5,8-13H2,(H,20,21). The summed E-state index contributed by atoms with van der Waals surface area (Å²) in [7, 11) is 0. The summed E-state index contributed by atoms with van der Waals surface area (Å²) in [4.78, 5) is 15.9. The molecule has 2 atom stereocenters. The second-order valence-electron chi connectivity index (χ2n) is 6.13. The third-order valence-corrected chi connectivity index (χ3v) is 4.88. The summed E-state index contributed by atoms with van der Waals surface area (Å²) < 4.78 is 0. The highest BCUT2D eigenvalue weighted by Crippen LogP contribution is 2.33. The van der Waals surface area contributed by atoms with Gasteiger partial charge in [-0.3, -0.25) is 9.69 Å². The molecule has 0 amide bonds. The van der Waals surface area contributed by atoms with Crippen molar-refractivity contribution in [2.75, 3.05) is 24.5 Å². The first-order valence-electron chi connectivity index (χ1n) is 8.03. The number of carboxylic acid groups (broad SMARTS) is 1. The first-order valence-corrected chi connectivity index (χ1v) is 8.03. The fourth-order valence-corrected chi connectivity index (χ4v) is 3.91. The molecule has 4 heteroatoms. The van der Waals surface area contributed by atoms with E-state index in [0.29, 0.717) is 18.6 Å². The molecule has 3 rings (SSSR count). The third kappa shape index (κ3) is 3.21. The van der Waals surface area contributed by atoms with Crippen LogP contribution in [0, 0.1) is 0 Å². The SMILES string of the molecule is O=C(O)CCN(c1ccccc1)C1CCN2CCCCC12. The van der Waals surface area contributed by atoms with Crippen LogP contribution in [0.4, 0.5) is 5.69 Å². The van der Waals surface area contributed by atoms with Crippen molar-refractivity contribution in [1.82, 2.24) is 4.90 Å². The minimum absolute atomic E-state index is 0.206. The van der Waals surface area contributed by atoms with Gasteiger partial charge in [-0.2, -0.15) is 0 Å². The molecule has 0 saturated carbocycles. The molecule has 2 saturated heterocycles. The van der Waals surface area contributed by atoms with Gasteiger partial charge in [0, 0.05) is 30.9 Å². The van der Waals surface area contributed by atoms with Gasteiger partial charge < -0.3 is 10.0 Å². The molecule has 0 bridgehead atoms. The molecule has 2 fully saturated rings. The Morgan fingerprint density at radius 3 is 2.76 bits per heavy atom. The maximum atomic E-state index is 11.0. The second-order valence-corrected chi connectivity index (χ2v) is 6.13. The summed E-state index contributed by atoms with van der Waals surface area (Å²) in [6.45, 7) is 2.98. The zero-order chi connectivity index (χ0) is 14.7. The maximum absolute atomic E-state index is 11.0. The average molecular weight is 288 g/mol.